The zero-order chi connectivity index (χ0) is 15.3. The van der Waals surface area contributed by atoms with Gasteiger partial charge in [-0.1, -0.05) is 13.8 Å². The van der Waals surface area contributed by atoms with E-state index < -0.39 is 5.60 Å². The summed E-state index contributed by atoms with van der Waals surface area (Å²) in [6.07, 6.45) is 4.70. The Labute approximate surface area is 124 Å². The number of hydrogen-bond donors (Lipinski definition) is 1. The van der Waals surface area contributed by atoms with Crippen LogP contribution in [-0.2, 0) is 4.79 Å². The molecule has 0 atom stereocenters. The molecule has 1 aliphatic carbocycles. The van der Waals surface area contributed by atoms with Crippen LogP contribution in [-0.4, -0.2) is 59.1 Å². The minimum absolute atomic E-state index is 0.177. The molecule has 0 bridgehead atoms. The maximum Gasteiger partial charge on any atom is 0.236 e. The van der Waals surface area contributed by atoms with Crippen LogP contribution in [0.25, 0.3) is 0 Å². The number of likely N-dealkylation sites (N-methyl/N-ethyl adjacent to an activating group) is 2. The third-order valence-electron chi connectivity index (χ3n) is 4.34. The van der Waals surface area contributed by atoms with Crippen LogP contribution < -0.4 is 0 Å². The van der Waals surface area contributed by atoms with Gasteiger partial charge >= 0.3 is 0 Å². The van der Waals surface area contributed by atoms with Crippen molar-refractivity contribution in [3.05, 3.63) is 0 Å². The highest BCUT2D eigenvalue weighted by atomic mass is 16.3. The van der Waals surface area contributed by atoms with Crippen LogP contribution in [0.3, 0.4) is 0 Å². The largest absolute Gasteiger partial charge is 0.389 e. The van der Waals surface area contributed by atoms with Gasteiger partial charge in [0, 0.05) is 19.6 Å². The van der Waals surface area contributed by atoms with E-state index in [4.69, 9.17) is 0 Å². The lowest BCUT2D eigenvalue weighted by atomic mass is 9.87. The zero-order valence-corrected chi connectivity index (χ0v) is 13.9. The van der Waals surface area contributed by atoms with Crippen molar-refractivity contribution in [1.29, 1.82) is 0 Å². The van der Waals surface area contributed by atoms with E-state index in [1.165, 1.54) is 12.8 Å². The Balaban J connectivity index is 2.47. The number of amides is 1. The second-order valence-electron chi connectivity index (χ2n) is 7.03. The van der Waals surface area contributed by atoms with Crippen molar-refractivity contribution in [3.63, 3.8) is 0 Å². The van der Waals surface area contributed by atoms with Crippen molar-refractivity contribution < 1.29 is 9.90 Å². The standard InChI is InChI=1S/C16H32N2O2/c1-6-18(12-16(3,4)20)11-15(19)17(5)14-9-7-13(2)8-10-14/h13-14,20H,6-12H2,1-5H3. The molecule has 118 valence electrons. The molecule has 0 radical (unpaired) electrons. The van der Waals surface area contributed by atoms with Crippen LogP contribution in [0.4, 0.5) is 0 Å². The smallest absolute Gasteiger partial charge is 0.236 e. The molecule has 1 rings (SSSR count). The average Bonchev–Trinajstić information content (AvgIpc) is 2.36. The molecule has 0 heterocycles. The summed E-state index contributed by atoms with van der Waals surface area (Å²) in [6, 6.07) is 0.402. The summed E-state index contributed by atoms with van der Waals surface area (Å²) in [5, 5.41) is 9.88. The van der Waals surface area contributed by atoms with Crippen LogP contribution in [0.1, 0.15) is 53.4 Å². The summed E-state index contributed by atoms with van der Waals surface area (Å²) in [6.45, 7) is 9.61. The highest BCUT2D eigenvalue weighted by Gasteiger charge is 2.26. The fourth-order valence-corrected chi connectivity index (χ4v) is 2.96. The van der Waals surface area contributed by atoms with Crippen LogP contribution in [0.2, 0.25) is 0 Å². The van der Waals surface area contributed by atoms with Gasteiger partial charge in [-0.25, -0.2) is 0 Å². The average molecular weight is 284 g/mol. The van der Waals surface area contributed by atoms with Gasteiger partial charge in [0.25, 0.3) is 0 Å². The lowest BCUT2D eigenvalue weighted by molar-refractivity contribution is -0.134. The van der Waals surface area contributed by atoms with Gasteiger partial charge in [-0.3, -0.25) is 9.69 Å². The molecule has 0 saturated heterocycles. The summed E-state index contributed by atoms with van der Waals surface area (Å²) < 4.78 is 0. The molecular formula is C16H32N2O2. The molecule has 0 aliphatic heterocycles. The molecule has 4 heteroatoms. The molecule has 1 saturated carbocycles. The van der Waals surface area contributed by atoms with E-state index in [1.807, 2.05) is 23.8 Å². The maximum atomic E-state index is 12.4. The first-order valence-corrected chi connectivity index (χ1v) is 7.93. The Bertz CT molecular complexity index is 304. The number of rotatable bonds is 6. The number of hydrogen-bond acceptors (Lipinski definition) is 3. The molecular weight excluding hydrogens is 252 g/mol. The minimum atomic E-state index is -0.755. The van der Waals surface area contributed by atoms with Crippen molar-refractivity contribution in [1.82, 2.24) is 9.80 Å². The first kappa shape index (κ1) is 17.4. The Morgan fingerprint density at radius 2 is 1.80 bits per heavy atom. The number of nitrogens with zero attached hydrogens (tertiary/aromatic N) is 2. The Morgan fingerprint density at radius 1 is 1.25 bits per heavy atom. The van der Waals surface area contributed by atoms with E-state index in [1.54, 1.807) is 13.8 Å². The van der Waals surface area contributed by atoms with E-state index in [0.717, 1.165) is 25.3 Å². The molecule has 0 aromatic rings. The van der Waals surface area contributed by atoms with Crippen molar-refractivity contribution in [2.75, 3.05) is 26.7 Å². The van der Waals surface area contributed by atoms with E-state index in [2.05, 4.69) is 6.92 Å². The first-order valence-electron chi connectivity index (χ1n) is 7.93. The van der Waals surface area contributed by atoms with E-state index in [9.17, 15) is 9.90 Å². The third kappa shape index (κ3) is 5.80. The lowest BCUT2D eigenvalue weighted by Gasteiger charge is -2.35. The molecule has 1 amide bonds. The molecule has 0 unspecified atom stereocenters. The Morgan fingerprint density at radius 3 is 2.25 bits per heavy atom. The monoisotopic (exact) mass is 284 g/mol. The molecule has 4 nitrogen and oxygen atoms in total. The minimum Gasteiger partial charge on any atom is -0.389 e. The molecule has 1 aliphatic rings. The van der Waals surface area contributed by atoms with Crippen molar-refractivity contribution >= 4 is 5.91 Å². The van der Waals surface area contributed by atoms with Gasteiger partial charge in [0.2, 0.25) is 5.91 Å². The summed E-state index contributed by atoms with van der Waals surface area (Å²) in [4.78, 5) is 16.3. The van der Waals surface area contributed by atoms with Gasteiger partial charge in [0.05, 0.1) is 12.1 Å². The summed E-state index contributed by atoms with van der Waals surface area (Å²) in [7, 11) is 1.93. The third-order valence-corrected chi connectivity index (χ3v) is 4.34. The predicted octanol–water partition coefficient (Wildman–Crippen LogP) is 2.12. The van der Waals surface area contributed by atoms with Crippen LogP contribution in [0.5, 0.6) is 0 Å². The fourth-order valence-electron chi connectivity index (χ4n) is 2.96. The maximum absolute atomic E-state index is 12.4. The van der Waals surface area contributed by atoms with Crippen LogP contribution in [0, 0.1) is 5.92 Å². The highest BCUT2D eigenvalue weighted by Crippen LogP contribution is 2.26. The van der Waals surface area contributed by atoms with E-state index in [-0.39, 0.29) is 5.91 Å². The fraction of sp³-hybridized carbons (Fsp3) is 0.938. The van der Waals surface area contributed by atoms with Crippen molar-refractivity contribution in [2.24, 2.45) is 5.92 Å². The molecule has 20 heavy (non-hydrogen) atoms. The SMILES string of the molecule is CCN(CC(=O)N(C)C1CCC(C)CC1)CC(C)(C)O. The van der Waals surface area contributed by atoms with E-state index in [0.29, 0.717) is 19.1 Å². The molecule has 1 N–H and O–H groups in total. The Hall–Kier alpha value is -0.610. The molecule has 1 fully saturated rings. The van der Waals surface area contributed by atoms with Crippen LogP contribution >= 0.6 is 0 Å². The van der Waals surface area contributed by atoms with Gasteiger partial charge in [0.1, 0.15) is 0 Å². The number of aliphatic hydroxyl groups is 1. The van der Waals surface area contributed by atoms with Crippen molar-refractivity contribution in [3.8, 4) is 0 Å². The van der Waals surface area contributed by atoms with Gasteiger partial charge in [-0.2, -0.15) is 0 Å². The quantitative estimate of drug-likeness (QED) is 0.812. The van der Waals surface area contributed by atoms with E-state index >= 15 is 0 Å². The number of carbonyl (C=O) groups excluding carboxylic acids is 1. The highest BCUT2D eigenvalue weighted by molar-refractivity contribution is 5.78. The normalized spacial score (nSPS) is 23.9. The number of carbonyl (C=O) groups is 1. The first-order chi connectivity index (χ1) is 9.23. The summed E-state index contributed by atoms with van der Waals surface area (Å²) in [5.74, 6) is 0.979. The topological polar surface area (TPSA) is 43.8 Å². The molecule has 0 aromatic heterocycles. The van der Waals surface area contributed by atoms with Crippen LogP contribution in [0.15, 0.2) is 0 Å². The Kier molecular flexibility index (Phi) is 6.46. The lowest BCUT2D eigenvalue weighted by Crippen LogP contribution is -2.47. The second kappa shape index (κ2) is 7.41. The summed E-state index contributed by atoms with van der Waals surface area (Å²) >= 11 is 0. The van der Waals surface area contributed by atoms with Gasteiger partial charge in [-0.15, -0.1) is 0 Å². The van der Waals surface area contributed by atoms with Crippen molar-refractivity contribution in [2.45, 2.75) is 65.0 Å². The second-order valence-corrected chi connectivity index (χ2v) is 7.03. The molecule has 0 aromatic carbocycles. The molecule has 0 spiro atoms. The zero-order valence-electron chi connectivity index (χ0n) is 13.9. The van der Waals surface area contributed by atoms with Gasteiger partial charge in [-0.05, 0) is 52.0 Å². The van der Waals surface area contributed by atoms with Gasteiger partial charge < -0.3 is 10.0 Å². The predicted molar refractivity (Wildman–Crippen MR) is 82.6 cm³/mol. The summed E-state index contributed by atoms with van der Waals surface area (Å²) in [5.41, 5.74) is -0.755. The van der Waals surface area contributed by atoms with Gasteiger partial charge in [0.15, 0.2) is 0 Å².